The molecule has 98 heavy (non-hydrogen) atoms. The Hall–Kier alpha value is -7.65. The summed E-state index contributed by atoms with van der Waals surface area (Å²) in [6.07, 6.45) is 7.38. The van der Waals surface area contributed by atoms with Gasteiger partial charge in [-0.05, 0) is 123 Å². The van der Waals surface area contributed by atoms with Gasteiger partial charge in [-0.3, -0.25) is 84.7 Å². The quantitative estimate of drug-likeness (QED) is 0.0252. The average molecular weight is 1420 g/mol. The lowest BCUT2D eigenvalue weighted by Gasteiger charge is -2.23. The number of hydrazine groups is 5. The molecule has 41 heteroatoms. The molecule has 0 aromatic heterocycles. The molecule has 0 rings (SSSR count). The highest BCUT2D eigenvalue weighted by molar-refractivity contribution is 5.84. The first kappa shape index (κ1) is 99.0. The predicted molar refractivity (Wildman–Crippen MR) is 359 cm³/mol. The number of carbonyl (C=O) groups excluding carboxylic acids is 7. The second-order valence-corrected chi connectivity index (χ2v) is 22.6. The second-order valence-electron chi connectivity index (χ2n) is 22.6. The number of likely N-dealkylation sites (N-methyl/N-ethyl adjacent to an activating group) is 2. The van der Waals surface area contributed by atoms with E-state index in [4.69, 9.17) is 88.0 Å². The molecule has 0 heterocycles. The van der Waals surface area contributed by atoms with Crippen molar-refractivity contribution >= 4 is 77.4 Å². The summed E-state index contributed by atoms with van der Waals surface area (Å²) >= 11 is 0. The first-order chi connectivity index (χ1) is 45.9. The van der Waals surface area contributed by atoms with Crippen molar-refractivity contribution in [3.8, 4) is 0 Å². The Morgan fingerprint density at radius 3 is 1.08 bits per heavy atom. The van der Waals surface area contributed by atoms with E-state index in [0.29, 0.717) is 115 Å². The Labute approximate surface area is 573 Å². The summed E-state index contributed by atoms with van der Waals surface area (Å²) in [4.78, 5) is 145. The van der Waals surface area contributed by atoms with E-state index in [1.165, 1.54) is 22.1 Å². The van der Waals surface area contributed by atoms with Gasteiger partial charge in [-0.15, -0.1) is 0 Å². The number of carboxylic acid groups (broad SMARTS) is 6. The summed E-state index contributed by atoms with van der Waals surface area (Å²) in [5.74, 6) is -8.74. The highest BCUT2D eigenvalue weighted by Gasteiger charge is 2.24. The number of carboxylic acids is 6. The van der Waals surface area contributed by atoms with E-state index in [1.54, 1.807) is 13.8 Å². The molecule has 572 valence electrons. The lowest BCUT2D eigenvalue weighted by atomic mass is 10.0. The van der Waals surface area contributed by atoms with Gasteiger partial charge in [0.1, 0.15) is 39.3 Å². The van der Waals surface area contributed by atoms with Gasteiger partial charge in [0.2, 0.25) is 35.4 Å². The first-order valence-corrected chi connectivity index (χ1v) is 32.2. The lowest BCUT2D eigenvalue weighted by molar-refractivity contribution is -0.146. The molecule has 0 aliphatic heterocycles. The van der Waals surface area contributed by atoms with E-state index in [9.17, 15) is 62.3 Å². The van der Waals surface area contributed by atoms with Crippen LogP contribution in [-0.4, -0.2) is 268 Å². The fourth-order valence-electron chi connectivity index (χ4n) is 7.93. The van der Waals surface area contributed by atoms with Gasteiger partial charge < -0.3 is 98.0 Å². The van der Waals surface area contributed by atoms with Crippen molar-refractivity contribution in [3.05, 3.63) is 0 Å². The van der Waals surface area contributed by atoms with Crippen molar-refractivity contribution in [2.24, 2.45) is 63.3 Å². The highest BCUT2D eigenvalue weighted by Crippen LogP contribution is 2.08. The van der Waals surface area contributed by atoms with Gasteiger partial charge in [-0.25, -0.2) is 24.8 Å². The Kier molecular flexibility index (Phi) is 63.5. The smallest absolute Gasteiger partial charge is 0.429 e. The van der Waals surface area contributed by atoms with Crippen LogP contribution in [0.4, 0.5) is 4.79 Å². The van der Waals surface area contributed by atoms with Gasteiger partial charge in [-0.1, -0.05) is 27.7 Å². The van der Waals surface area contributed by atoms with Crippen LogP contribution in [0.3, 0.4) is 0 Å². The van der Waals surface area contributed by atoms with Crippen molar-refractivity contribution in [1.29, 1.82) is 0 Å². The zero-order chi connectivity index (χ0) is 76.3. The zero-order valence-corrected chi connectivity index (χ0v) is 57.9. The van der Waals surface area contributed by atoms with Crippen molar-refractivity contribution in [2.45, 2.75) is 180 Å². The third kappa shape index (κ3) is 66.9. The van der Waals surface area contributed by atoms with Crippen molar-refractivity contribution in [2.75, 3.05) is 98.7 Å². The topological polar surface area (TPSA) is 701 Å². The maximum atomic E-state index is 12.1. The molecule has 41 nitrogen and oxygen atoms in total. The molecule has 6 atom stereocenters. The summed E-state index contributed by atoms with van der Waals surface area (Å²) in [6.45, 7) is 10.0. The number of nitrogens with two attached hydrogens (primary N) is 10. The maximum Gasteiger partial charge on any atom is 0.429 e. The highest BCUT2D eigenvalue weighted by atomic mass is 16.6. The van der Waals surface area contributed by atoms with E-state index in [1.807, 2.05) is 20.8 Å². The van der Waals surface area contributed by atoms with Crippen LogP contribution >= 0.6 is 0 Å². The van der Waals surface area contributed by atoms with Gasteiger partial charge in [0, 0.05) is 82.5 Å². The molecule has 0 spiro atoms. The SMILES string of the molecule is CC(C)C[C@H](N)C(=O)N[C@@H](CCCN)CC(=O)NN(C)CC(=O)O.CCCN(CC(=O)O)NC(=O)C[C@@H](N)CCCN.CCN(CC(=O)O)NC(=O)C[C@@H](N)CCCN.CCOC(=O)N(CC(=O)O)NC(=O)C[C@@H](N)CCCN.NCCC[C@H](N)CC(=O)NN(CC(=O)O)CC(=O)O. The Morgan fingerprint density at radius 1 is 0.418 bits per heavy atom. The fourth-order valence-corrected chi connectivity index (χ4v) is 7.93. The summed E-state index contributed by atoms with van der Waals surface area (Å²) in [5, 5.41) is 59.9. The normalized spacial score (nSPS) is 12.5. The number of amides is 7. The standard InChI is InChI=1S/C15H31N5O4.C11H22N4O5.C11H24N4O3.C10H20N4O5.C10H22N4O3/c1-10(2)7-12(17)15(24)18-11(5-4-6-16)8-13(21)19-20(3)9-14(22)23;1-2-20-11(19)15(7-10(17)18)14-9(16)6-8(13)4-3-5-12;1-2-6-15(8-11(17)18)14-10(16)7-9(13)4-3-5-12;11-3-1-2-7(12)4-8(15)13-14(5-9(16)17)6-10(18)19;1-2-14(7-10(16)17)13-9(15)6-8(12)4-3-5-11/h10-12H,4-9,16-17H2,1-3H3,(H,18,24)(H,19,21)(H,22,23);8H,2-7,12-13H2,1H3,(H,14,16)(H,17,18);9H,2-8,12-13H2,1H3,(H,14,16)(H,17,18);7H,1-6,11-12H2,(H,13,15)(H,16,17)(H,18,19);8H,2-7,11-12H2,1H3,(H,13,15)(H,16,17)/t11-,12-;8-;9-;7-;8-/m00000/s1. The van der Waals surface area contributed by atoms with Crippen LogP contribution in [0.5, 0.6) is 0 Å². The molecule has 32 N–H and O–H groups in total. The number of rotatable bonds is 49. The van der Waals surface area contributed by atoms with Crippen LogP contribution < -0.4 is 89.8 Å². The van der Waals surface area contributed by atoms with E-state index in [2.05, 4.69) is 37.2 Å². The van der Waals surface area contributed by atoms with Crippen LogP contribution in [0, 0.1) is 5.92 Å². The number of nitrogens with one attached hydrogen (secondary N) is 6. The van der Waals surface area contributed by atoms with Crippen LogP contribution in [-0.2, 0) is 62.3 Å². The molecule has 0 bridgehead atoms. The van der Waals surface area contributed by atoms with Crippen molar-refractivity contribution in [1.82, 2.24) is 57.5 Å². The van der Waals surface area contributed by atoms with Crippen molar-refractivity contribution in [3.63, 3.8) is 0 Å². The van der Waals surface area contributed by atoms with Crippen molar-refractivity contribution < 1.29 is 97.7 Å². The predicted octanol–water partition coefficient (Wildman–Crippen LogP) is -5.87. The minimum atomic E-state index is -1.27. The van der Waals surface area contributed by atoms with Gasteiger partial charge in [0.05, 0.1) is 12.6 Å². The monoisotopic (exact) mass is 1420 g/mol. The number of aliphatic carboxylic acids is 6. The second kappa shape index (κ2) is 62.8. The molecule has 0 fully saturated rings. The first-order valence-electron chi connectivity index (χ1n) is 32.2. The molecular formula is C57H119N21O20. The summed E-state index contributed by atoms with van der Waals surface area (Å²) < 4.78 is 4.64. The van der Waals surface area contributed by atoms with E-state index < -0.39 is 91.5 Å². The Morgan fingerprint density at radius 2 is 0.745 bits per heavy atom. The van der Waals surface area contributed by atoms with Gasteiger partial charge in [-0.2, -0.15) is 5.01 Å². The zero-order valence-electron chi connectivity index (χ0n) is 57.9. The van der Waals surface area contributed by atoms with Crippen LogP contribution in [0.25, 0.3) is 0 Å². The molecule has 0 saturated heterocycles. The molecule has 0 aromatic carbocycles. The van der Waals surface area contributed by atoms with E-state index >= 15 is 0 Å². The molecule has 0 aliphatic carbocycles. The molecule has 0 saturated carbocycles. The lowest BCUT2D eigenvalue weighted by Crippen LogP contribution is -2.50. The number of hydrogen-bond acceptors (Lipinski definition) is 28. The number of hydrogen-bond donors (Lipinski definition) is 22. The molecule has 7 amide bonds. The van der Waals surface area contributed by atoms with Crippen LogP contribution in [0.15, 0.2) is 0 Å². The minimum Gasteiger partial charge on any atom is -0.480 e. The number of carbonyl (C=O) groups is 13. The third-order valence-corrected chi connectivity index (χ3v) is 12.3. The molecule has 0 aliphatic rings. The van der Waals surface area contributed by atoms with Crippen LogP contribution in [0.2, 0.25) is 0 Å². The number of nitrogens with zero attached hydrogens (tertiary/aromatic N) is 5. The van der Waals surface area contributed by atoms with E-state index in [0.717, 1.165) is 24.3 Å². The summed E-state index contributed by atoms with van der Waals surface area (Å²) in [6, 6.07) is -2.27. The largest absolute Gasteiger partial charge is 0.480 e. The minimum absolute atomic E-state index is 0.0181. The van der Waals surface area contributed by atoms with Gasteiger partial charge in [0.25, 0.3) is 0 Å². The molecular weight excluding hydrogens is 1300 g/mol. The average Bonchev–Trinajstić information content (AvgIpc) is 0.973. The molecule has 0 unspecified atom stereocenters. The van der Waals surface area contributed by atoms with Gasteiger partial charge >= 0.3 is 41.9 Å². The van der Waals surface area contributed by atoms with Crippen LogP contribution in [0.1, 0.15) is 144 Å². The molecule has 0 radical (unpaired) electrons. The fraction of sp³-hybridized carbons (Fsp3) is 0.772. The Bertz CT molecular complexity index is 2270. The van der Waals surface area contributed by atoms with E-state index in [-0.39, 0.29) is 100 Å². The molecule has 0 aromatic rings. The van der Waals surface area contributed by atoms with Gasteiger partial charge in [0.15, 0.2) is 0 Å². The third-order valence-electron chi connectivity index (χ3n) is 12.3. The maximum absolute atomic E-state index is 12.1. The number of ether oxygens (including phenoxy) is 1. The Balaban J connectivity index is -0.000000370. The summed E-state index contributed by atoms with van der Waals surface area (Å²) in [7, 11) is 1.46. The summed E-state index contributed by atoms with van der Waals surface area (Å²) in [5.41, 5.74) is 67.4.